The van der Waals surface area contributed by atoms with Gasteiger partial charge in [-0.15, -0.1) is 12.4 Å². The predicted octanol–water partition coefficient (Wildman–Crippen LogP) is 4.79. The number of benzene rings is 2. The molecule has 1 saturated heterocycles. The van der Waals surface area contributed by atoms with Crippen LogP contribution in [0.2, 0.25) is 0 Å². The number of hydrogen-bond acceptors (Lipinski definition) is 2. The van der Waals surface area contributed by atoms with Crippen molar-refractivity contribution in [3.63, 3.8) is 0 Å². The Morgan fingerprint density at radius 2 is 1.50 bits per heavy atom. The van der Waals surface area contributed by atoms with E-state index in [0.29, 0.717) is 6.42 Å². The Bertz CT molecular complexity index is 748. The van der Waals surface area contributed by atoms with Crippen LogP contribution in [-0.4, -0.2) is 29.8 Å². The molecule has 2 aliphatic rings. The largest absolute Gasteiger partial charge is 0.296 e. The van der Waals surface area contributed by atoms with Gasteiger partial charge < -0.3 is 0 Å². The van der Waals surface area contributed by atoms with Gasteiger partial charge in [0.05, 0.1) is 0 Å². The van der Waals surface area contributed by atoms with E-state index < -0.39 is 0 Å². The van der Waals surface area contributed by atoms with E-state index in [0.717, 1.165) is 19.0 Å². The smallest absolute Gasteiger partial charge is 0.157 e. The van der Waals surface area contributed by atoms with Crippen molar-refractivity contribution in [2.24, 2.45) is 5.92 Å². The minimum atomic E-state index is 0. The van der Waals surface area contributed by atoms with E-state index in [4.69, 9.17) is 0 Å². The number of halogens is 1. The summed E-state index contributed by atoms with van der Waals surface area (Å²) in [5.74, 6) is 1.04. The molecule has 4 rings (SSSR count). The molecular formula is C23H26ClNO. The fraction of sp³-hybridized carbons (Fsp3) is 0.348. The lowest BCUT2D eigenvalue weighted by atomic mass is 9.88. The number of nitrogens with zero attached hydrogens (tertiary/aromatic N) is 1. The summed E-state index contributed by atoms with van der Waals surface area (Å²) in [5.41, 5.74) is 3.86. The van der Waals surface area contributed by atoms with Gasteiger partial charge in [0.15, 0.2) is 5.78 Å². The first-order valence-corrected chi connectivity index (χ1v) is 9.37. The number of ketones is 1. The second kappa shape index (κ2) is 8.66. The molecule has 1 aliphatic heterocycles. The molecular weight excluding hydrogens is 342 g/mol. The van der Waals surface area contributed by atoms with E-state index in [1.165, 1.54) is 36.0 Å². The van der Waals surface area contributed by atoms with Crippen molar-refractivity contribution in [2.75, 3.05) is 13.1 Å². The number of hydrogen-bond donors (Lipinski definition) is 0. The van der Waals surface area contributed by atoms with Crippen LogP contribution in [-0.2, 0) is 11.2 Å². The average molecular weight is 368 g/mol. The molecule has 2 nitrogen and oxygen atoms in total. The number of piperidine rings is 1. The Balaban J connectivity index is 0.00000196. The van der Waals surface area contributed by atoms with Crippen LogP contribution in [0.3, 0.4) is 0 Å². The van der Waals surface area contributed by atoms with Crippen LogP contribution in [0.5, 0.6) is 0 Å². The summed E-state index contributed by atoms with van der Waals surface area (Å²) >= 11 is 0. The van der Waals surface area contributed by atoms with Gasteiger partial charge in [0, 0.05) is 12.5 Å². The predicted molar refractivity (Wildman–Crippen MR) is 110 cm³/mol. The highest BCUT2D eigenvalue weighted by molar-refractivity contribution is 6.03. The molecule has 0 bridgehead atoms. The van der Waals surface area contributed by atoms with Crippen LogP contribution in [0.25, 0.3) is 5.57 Å². The standard InChI is InChI=1S/C23H25NO.ClH/c25-21-16-22(20-9-5-2-6-10-20)23(17-21)24-13-11-19(12-14-24)15-18-7-3-1-4-8-18;/h1-10,16,19,23H,11-15,17H2;1H. The van der Waals surface area contributed by atoms with E-state index in [2.05, 4.69) is 59.5 Å². The average Bonchev–Trinajstić information content (AvgIpc) is 3.06. The molecule has 2 aromatic rings. The summed E-state index contributed by atoms with van der Waals surface area (Å²) in [6.07, 6.45) is 6.15. The summed E-state index contributed by atoms with van der Waals surface area (Å²) in [5, 5.41) is 0. The maximum atomic E-state index is 12.1. The molecule has 1 heterocycles. The third kappa shape index (κ3) is 4.25. The van der Waals surface area contributed by atoms with Crippen molar-refractivity contribution in [2.45, 2.75) is 31.7 Å². The molecule has 1 fully saturated rings. The normalized spacial score (nSPS) is 21.3. The SMILES string of the molecule is Cl.O=C1C=C(c2ccccc2)C(N2CCC(Cc3ccccc3)CC2)C1. The molecule has 0 spiro atoms. The van der Waals surface area contributed by atoms with Crippen molar-refractivity contribution < 1.29 is 4.79 Å². The van der Waals surface area contributed by atoms with E-state index in [1.807, 2.05) is 12.1 Å². The summed E-state index contributed by atoms with van der Waals surface area (Å²) in [4.78, 5) is 14.6. The third-order valence-corrected chi connectivity index (χ3v) is 5.63. The highest BCUT2D eigenvalue weighted by Gasteiger charge is 2.33. The van der Waals surface area contributed by atoms with Gasteiger partial charge in [-0.2, -0.15) is 0 Å². The monoisotopic (exact) mass is 367 g/mol. The van der Waals surface area contributed by atoms with Gasteiger partial charge in [0.25, 0.3) is 0 Å². The van der Waals surface area contributed by atoms with Crippen LogP contribution in [0, 0.1) is 5.92 Å². The van der Waals surface area contributed by atoms with Gasteiger partial charge in [-0.25, -0.2) is 0 Å². The molecule has 26 heavy (non-hydrogen) atoms. The van der Waals surface area contributed by atoms with Crippen molar-refractivity contribution in [3.05, 3.63) is 77.9 Å². The van der Waals surface area contributed by atoms with Crippen LogP contribution in [0.4, 0.5) is 0 Å². The van der Waals surface area contributed by atoms with Gasteiger partial charge in [0.1, 0.15) is 0 Å². The summed E-state index contributed by atoms with van der Waals surface area (Å²) in [6, 6.07) is 21.5. The van der Waals surface area contributed by atoms with E-state index in [-0.39, 0.29) is 24.2 Å². The summed E-state index contributed by atoms with van der Waals surface area (Å²) in [7, 11) is 0. The first kappa shape index (κ1) is 18.9. The topological polar surface area (TPSA) is 20.3 Å². The molecule has 0 radical (unpaired) electrons. The lowest BCUT2D eigenvalue weighted by Crippen LogP contribution is -2.41. The van der Waals surface area contributed by atoms with Gasteiger partial charge in [-0.3, -0.25) is 9.69 Å². The number of likely N-dealkylation sites (tertiary alicyclic amines) is 1. The van der Waals surface area contributed by atoms with Crippen molar-refractivity contribution in [3.8, 4) is 0 Å². The minimum absolute atomic E-state index is 0. The number of rotatable bonds is 4. The lowest BCUT2D eigenvalue weighted by Gasteiger charge is -2.37. The molecule has 1 atom stereocenters. The van der Waals surface area contributed by atoms with E-state index in [1.54, 1.807) is 0 Å². The lowest BCUT2D eigenvalue weighted by molar-refractivity contribution is -0.114. The summed E-state index contributed by atoms with van der Waals surface area (Å²) < 4.78 is 0. The van der Waals surface area contributed by atoms with Crippen LogP contribution < -0.4 is 0 Å². The molecule has 0 saturated carbocycles. The Morgan fingerprint density at radius 3 is 2.15 bits per heavy atom. The Kier molecular flexibility index (Phi) is 6.29. The molecule has 0 aromatic heterocycles. The van der Waals surface area contributed by atoms with Gasteiger partial charge in [-0.1, -0.05) is 60.7 Å². The molecule has 2 aromatic carbocycles. The number of carbonyl (C=O) groups is 1. The highest BCUT2D eigenvalue weighted by Crippen LogP contribution is 2.33. The highest BCUT2D eigenvalue weighted by atomic mass is 35.5. The third-order valence-electron chi connectivity index (χ3n) is 5.63. The first-order chi connectivity index (χ1) is 12.3. The maximum Gasteiger partial charge on any atom is 0.157 e. The molecule has 1 aliphatic carbocycles. The van der Waals surface area contributed by atoms with Crippen molar-refractivity contribution in [1.82, 2.24) is 4.90 Å². The Labute approximate surface area is 162 Å². The number of carbonyl (C=O) groups excluding carboxylic acids is 1. The maximum absolute atomic E-state index is 12.1. The zero-order chi connectivity index (χ0) is 17.1. The first-order valence-electron chi connectivity index (χ1n) is 9.37. The fourth-order valence-corrected chi connectivity index (χ4v) is 4.28. The summed E-state index contributed by atoms with van der Waals surface area (Å²) in [6.45, 7) is 2.19. The Morgan fingerprint density at radius 1 is 0.885 bits per heavy atom. The zero-order valence-corrected chi connectivity index (χ0v) is 15.8. The molecule has 3 heteroatoms. The van der Waals surface area contributed by atoms with Crippen molar-refractivity contribution in [1.29, 1.82) is 0 Å². The fourth-order valence-electron chi connectivity index (χ4n) is 4.28. The number of allylic oxidation sites excluding steroid dienone is 1. The van der Waals surface area contributed by atoms with E-state index >= 15 is 0 Å². The van der Waals surface area contributed by atoms with Gasteiger partial charge in [0.2, 0.25) is 0 Å². The van der Waals surface area contributed by atoms with E-state index in [9.17, 15) is 4.79 Å². The second-order valence-electron chi connectivity index (χ2n) is 7.32. The van der Waals surface area contributed by atoms with Crippen LogP contribution in [0.15, 0.2) is 66.7 Å². The van der Waals surface area contributed by atoms with Crippen LogP contribution >= 0.6 is 12.4 Å². The zero-order valence-electron chi connectivity index (χ0n) is 15.0. The van der Waals surface area contributed by atoms with Crippen molar-refractivity contribution >= 4 is 23.8 Å². The van der Waals surface area contributed by atoms with Gasteiger partial charge in [-0.05, 0) is 61.0 Å². The minimum Gasteiger partial charge on any atom is -0.296 e. The molecule has 136 valence electrons. The molecule has 0 amide bonds. The van der Waals surface area contributed by atoms with Crippen LogP contribution in [0.1, 0.15) is 30.4 Å². The quantitative estimate of drug-likeness (QED) is 0.774. The molecule has 0 N–H and O–H groups in total. The second-order valence-corrected chi connectivity index (χ2v) is 7.32. The van der Waals surface area contributed by atoms with Gasteiger partial charge >= 0.3 is 0 Å². The Hall–Kier alpha value is -1.90. The molecule has 1 unspecified atom stereocenters.